The summed E-state index contributed by atoms with van der Waals surface area (Å²) in [7, 11) is 1.43. The summed E-state index contributed by atoms with van der Waals surface area (Å²) in [4.78, 5) is 56.0. The molecule has 4 aliphatic rings. The third kappa shape index (κ3) is 9.44. The lowest BCUT2D eigenvalue weighted by Gasteiger charge is -2.38. The Morgan fingerprint density at radius 1 is 0.862 bits per heavy atom. The topological polar surface area (TPSA) is 213 Å². The quantitative estimate of drug-likeness (QED) is 0.0835. The van der Waals surface area contributed by atoms with Gasteiger partial charge in [0.2, 0.25) is 0 Å². The van der Waals surface area contributed by atoms with Gasteiger partial charge in [-0.25, -0.2) is 0 Å². The van der Waals surface area contributed by atoms with E-state index >= 15 is 4.79 Å². The van der Waals surface area contributed by atoms with Crippen LogP contribution < -0.4 is 20.5 Å². The molecule has 65 heavy (non-hydrogen) atoms. The third-order valence-electron chi connectivity index (χ3n) is 12.4. The summed E-state index contributed by atoms with van der Waals surface area (Å²) in [5.74, 6) is -9.10. The van der Waals surface area contributed by atoms with Crippen LogP contribution in [0.2, 0.25) is 0 Å². The third-order valence-corrected chi connectivity index (χ3v) is 12.4. The number of anilines is 2. The number of ether oxygens (including phenoxy) is 4. The number of fused-ring (bicyclic) bond motifs is 14. The number of amides is 1. The van der Waals surface area contributed by atoms with Crippen molar-refractivity contribution in [1.82, 2.24) is 10.7 Å². The fourth-order valence-electron chi connectivity index (χ4n) is 8.45. The number of nitrogens with one attached hydrogen (secondary N) is 2. The summed E-state index contributed by atoms with van der Waals surface area (Å²) >= 11 is 0. The summed E-state index contributed by atoms with van der Waals surface area (Å²) in [6.45, 7) is 12.4. The number of hydrogen-bond donors (Lipinski definition) is 6. The zero-order chi connectivity index (χ0) is 47.5. The first-order chi connectivity index (χ1) is 30.8. The van der Waals surface area contributed by atoms with E-state index in [1.165, 1.54) is 59.4 Å². The number of esters is 1. The van der Waals surface area contributed by atoms with Crippen LogP contribution in [0.15, 0.2) is 114 Å². The number of phenols is 1. The van der Waals surface area contributed by atoms with E-state index in [4.69, 9.17) is 18.9 Å². The number of carbonyl (C=O) groups excluding carboxylic acids is 4. The van der Waals surface area contributed by atoms with Crippen LogP contribution in [0.3, 0.4) is 0 Å². The molecule has 0 saturated heterocycles. The Labute approximate surface area is 378 Å². The predicted octanol–water partition coefficient (Wildman–Crippen LogP) is 7.02. The van der Waals surface area contributed by atoms with Crippen molar-refractivity contribution in [2.24, 2.45) is 23.7 Å². The van der Waals surface area contributed by atoms with Gasteiger partial charge in [-0.3, -0.25) is 24.2 Å². The van der Waals surface area contributed by atoms with Crippen LogP contribution in [0.1, 0.15) is 80.3 Å². The molecule has 0 spiro atoms. The number of para-hydroxylation sites is 2. The molecular weight excluding hydrogens is 835 g/mol. The van der Waals surface area contributed by atoms with Crippen molar-refractivity contribution in [2.75, 3.05) is 12.1 Å². The maximum atomic E-state index is 15.1. The Kier molecular flexibility index (Phi) is 14.4. The Morgan fingerprint density at radius 3 is 2.06 bits per heavy atom. The minimum Gasteiger partial charge on any atom is -0.507 e. The minimum atomic E-state index is -2.11. The van der Waals surface area contributed by atoms with Crippen LogP contribution in [0.5, 0.6) is 11.5 Å². The van der Waals surface area contributed by atoms with Crippen LogP contribution in [0.25, 0.3) is 5.76 Å². The van der Waals surface area contributed by atoms with Crippen molar-refractivity contribution in [3.8, 4) is 11.5 Å². The molecule has 0 radical (unpaired) electrons. The van der Waals surface area contributed by atoms with Crippen LogP contribution in [-0.2, 0) is 23.8 Å². The number of rotatable bonds is 6. The number of methoxy groups -OCH3 is 1. The molecule has 15 nitrogen and oxygen atoms in total. The Bertz CT molecular complexity index is 2440. The van der Waals surface area contributed by atoms with E-state index in [0.29, 0.717) is 11.4 Å². The Morgan fingerprint density at radius 2 is 1.48 bits per heavy atom. The molecule has 0 aromatic heterocycles. The van der Waals surface area contributed by atoms with Crippen molar-refractivity contribution in [3.63, 3.8) is 0 Å². The zero-order valence-electron chi connectivity index (χ0n) is 37.9. The van der Waals surface area contributed by atoms with Gasteiger partial charge in [0.1, 0.15) is 17.6 Å². The van der Waals surface area contributed by atoms with E-state index in [1.54, 1.807) is 44.9 Å². The number of aliphatic hydroxyl groups excluding tert-OH is 3. The molecule has 9 unspecified atom stereocenters. The molecule has 5 bridgehead atoms. The summed E-state index contributed by atoms with van der Waals surface area (Å²) in [5.41, 5.74) is 2.93. The number of carbonyl (C=O) groups is 4. The molecule has 9 atom stereocenters. The molecule has 7 rings (SSSR count). The highest BCUT2D eigenvalue weighted by molar-refractivity contribution is 6.25. The molecule has 0 fully saturated rings. The maximum absolute atomic E-state index is 15.1. The molecule has 0 saturated carbocycles. The summed E-state index contributed by atoms with van der Waals surface area (Å²) in [6.07, 6.45) is 4.68. The average molecular weight is 892 g/mol. The molecule has 344 valence electrons. The number of aromatic hydroxyl groups is 1. The number of aliphatic hydroxyl groups is 3. The number of allylic oxidation sites excluding steroid dienone is 3. The lowest BCUT2D eigenvalue weighted by atomic mass is 9.78. The minimum absolute atomic E-state index is 0.00995. The highest BCUT2D eigenvalue weighted by Crippen LogP contribution is 2.50. The molecular formula is C50H57N3O12. The van der Waals surface area contributed by atoms with Crippen LogP contribution in [0.4, 0.5) is 11.4 Å². The Hall–Kier alpha value is -6.68. The smallest absolute Gasteiger partial charge is 0.312 e. The second kappa shape index (κ2) is 19.6. The molecule has 3 aliphatic heterocycles. The second-order valence-corrected chi connectivity index (χ2v) is 16.9. The Balaban J connectivity index is 1.52. The standard InChI is InChI=1S/C50H57N3O12/c1-26-17-16-18-27(2)49(61)52-40-35(25-51-53(33-19-12-10-13-20-33)34-21-14-11-15-22-34)44(58)37-38(45(40)59)43(57)31(6)47-39(37)48(60)50(8,65-47)63-24-23-36(62-9)28(3)46(64-32(7)54)30(5)42(56)29(4)41(26)55/h10-26,28-30,36,41-42,46,51,55-57,59H,1-9H3,(H,52,61)/b17-16+,24-23+,27-18+,35-25?. The monoisotopic (exact) mass is 891 g/mol. The van der Waals surface area contributed by atoms with Crippen molar-refractivity contribution in [2.45, 2.75) is 85.6 Å². The summed E-state index contributed by atoms with van der Waals surface area (Å²) < 4.78 is 23.7. The SMILES string of the molecule is COC1/C=C/OC2(C)Oc3c(C)c(O)c4c(c3C2=O)C(=O)C(=CNN(c2ccccc2)c2ccccc2)C(=C4O)NC(=O)/C(C)=C/C=C/C(C)C(O)C(C)C(O)C(C)C(OC(C)=O)C1C. The van der Waals surface area contributed by atoms with Gasteiger partial charge in [-0.15, -0.1) is 0 Å². The number of hydrogen-bond acceptors (Lipinski definition) is 14. The molecule has 3 heterocycles. The van der Waals surface area contributed by atoms with Crippen molar-refractivity contribution in [3.05, 3.63) is 137 Å². The molecule has 3 aromatic carbocycles. The van der Waals surface area contributed by atoms with E-state index in [1.807, 2.05) is 60.7 Å². The lowest BCUT2D eigenvalue weighted by molar-refractivity contribution is -0.160. The number of benzene rings is 3. The number of phenolic OH excluding ortho intramolecular Hbond substituents is 1. The molecule has 15 heteroatoms. The number of ketones is 2. The second-order valence-electron chi connectivity index (χ2n) is 16.9. The number of nitrogens with zero attached hydrogens (tertiary/aromatic N) is 1. The van der Waals surface area contributed by atoms with Gasteiger partial charge >= 0.3 is 11.8 Å². The summed E-state index contributed by atoms with van der Waals surface area (Å²) in [6, 6.07) is 18.3. The molecule has 1 amide bonds. The number of Topliss-reactive ketones (excluding diaryl/α,β-unsaturated/α-hetero) is 2. The van der Waals surface area contributed by atoms with E-state index in [-0.39, 0.29) is 39.3 Å². The van der Waals surface area contributed by atoms with Gasteiger partial charge in [0.05, 0.1) is 63.9 Å². The van der Waals surface area contributed by atoms with Gasteiger partial charge in [0, 0.05) is 62.0 Å². The normalized spacial score (nSPS) is 29.8. The molecule has 6 N–H and O–H groups in total. The van der Waals surface area contributed by atoms with Crippen LogP contribution >= 0.6 is 0 Å². The van der Waals surface area contributed by atoms with Gasteiger partial charge < -0.3 is 50.1 Å². The van der Waals surface area contributed by atoms with Crippen LogP contribution in [-0.4, -0.2) is 81.2 Å². The van der Waals surface area contributed by atoms with Gasteiger partial charge in [-0.1, -0.05) is 82.3 Å². The van der Waals surface area contributed by atoms with Gasteiger partial charge in [-0.05, 0) is 44.2 Å². The van der Waals surface area contributed by atoms with Crippen molar-refractivity contribution < 1.29 is 58.6 Å². The average Bonchev–Trinajstić information content (AvgIpc) is 3.56. The van der Waals surface area contributed by atoms with E-state index in [2.05, 4.69) is 10.7 Å². The fourth-order valence-corrected chi connectivity index (χ4v) is 8.45. The fraction of sp³-hybridized carbons (Fsp3) is 0.360. The maximum Gasteiger partial charge on any atom is 0.312 e. The van der Waals surface area contributed by atoms with Crippen LogP contribution in [0, 0.1) is 30.6 Å². The van der Waals surface area contributed by atoms with Gasteiger partial charge in [0.25, 0.3) is 11.7 Å². The van der Waals surface area contributed by atoms with Gasteiger partial charge in [0.15, 0.2) is 11.5 Å². The van der Waals surface area contributed by atoms with E-state index in [9.17, 15) is 34.8 Å². The predicted molar refractivity (Wildman–Crippen MR) is 243 cm³/mol. The highest BCUT2D eigenvalue weighted by Gasteiger charge is 2.52. The molecule has 3 aromatic rings. The first-order valence-electron chi connectivity index (χ1n) is 21.4. The van der Waals surface area contributed by atoms with Crippen molar-refractivity contribution in [1.29, 1.82) is 0 Å². The molecule has 1 aliphatic carbocycles. The van der Waals surface area contributed by atoms with Gasteiger partial charge in [-0.2, -0.15) is 0 Å². The lowest BCUT2D eigenvalue weighted by Crippen LogP contribution is -2.46. The first kappa shape index (κ1) is 47.8. The van der Waals surface area contributed by atoms with Crippen molar-refractivity contribution >= 4 is 40.6 Å². The highest BCUT2D eigenvalue weighted by atomic mass is 16.7. The first-order valence-corrected chi connectivity index (χ1v) is 21.4. The summed E-state index contributed by atoms with van der Waals surface area (Å²) in [5, 5.41) is 51.2. The van der Waals surface area contributed by atoms with E-state index in [0.717, 1.165) is 0 Å². The van der Waals surface area contributed by atoms with E-state index < -0.39 is 94.4 Å². The zero-order valence-corrected chi connectivity index (χ0v) is 37.9. The number of hydrazine groups is 1. The largest absolute Gasteiger partial charge is 0.507 e.